The van der Waals surface area contributed by atoms with Gasteiger partial charge in [0.1, 0.15) is 10.7 Å². The predicted octanol–water partition coefficient (Wildman–Crippen LogP) is 1.69. The van der Waals surface area contributed by atoms with E-state index in [4.69, 9.17) is 10.7 Å². The lowest BCUT2D eigenvalue weighted by Crippen LogP contribution is -2.10. The van der Waals surface area contributed by atoms with Crippen LogP contribution < -0.4 is 0 Å². The molecule has 104 valence electrons. The van der Waals surface area contributed by atoms with Crippen molar-refractivity contribution in [2.45, 2.75) is 38.8 Å². The number of aryl methyl sites for hydroxylation is 2. The van der Waals surface area contributed by atoms with Crippen molar-refractivity contribution in [1.82, 2.24) is 19.3 Å². The van der Waals surface area contributed by atoms with E-state index in [2.05, 4.69) is 10.1 Å². The van der Waals surface area contributed by atoms with Crippen LogP contribution in [0.3, 0.4) is 0 Å². The number of hydrogen-bond donors (Lipinski definition) is 0. The van der Waals surface area contributed by atoms with Crippen molar-refractivity contribution < 1.29 is 8.42 Å². The normalized spacial score (nSPS) is 12.0. The van der Waals surface area contributed by atoms with Crippen molar-refractivity contribution in [3.8, 4) is 0 Å². The Bertz CT molecular complexity index is 702. The van der Waals surface area contributed by atoms with E-state index in [1.165, 1.54) is 0 Å². The molecule has 8 heteroatoms. The Hall–Kier alpha value is -1.34. The molecule has 0 saturated heterocycles. The molecule has 0 fully saturated rings. The second-order valence-corrected chi connectivity index (χ2v) is 6.73. The highest BCUT2D eigenvalue weighted by molar-refractivity contribution is 8.13. The minimum atomic E-state index is -3.78. The van der Waals surface area contributed by atoms with Gasteiger partial charge in [-0.15, -0.1) is 0 Å². The van der Waals surface area contributed by atoms with Gasteiger partial charge in [-0.05, 0) is 20.8 Å². The molecule has 2 rings (SSSR count). The van der Waals surface area contributed by atoms with Crippen LogP contribution in [-0.4, -0.2) is 27.7 Å². The van der Waals surface area contributed by atoms with Crippen molar-refractivity contribution in [2.24, 2.45) is 0 Å². The Balaban J connectivity index is 2.43. The van der Waals surface area contributed by atoms with E-state index >= 15 is 0 Å². The van der Waals surface area contributed by atoms with Crippen molar-refractivity contribution >= 4 is 19.7 Å². The van der Waals surface area contributed by atoms with Crippen molar-refractivity contribution in [2.75, 3.05) is 0 Å². The Labute approximate surface area is 116 Å². The van der Waals surface area contributed by atoms with Crippen LogP contribution in [0.5, 0.6) is 0 Å². The van der Waals surface area contributed by atoms with E-state index in [0.717, 1.165) is 12.4 Å². The first-order valence-electron chi connectivity index (χ1n) is 5.83. The lowest BCUT2D eigenvalue weighted by Gasteiger charge is -2.06. The monoisotopic (exact) mass is 302 g/mol. The summed E-state index contributed by atoms with van der Waals surface area (Å²) in [5.74, 6) is 0.826. The number of rotatable bonds is 4. The first kappa shape index (κ1) is 14.1. The van der Waals surface area contributed by atoms with Gasteiger partial charge >= 0.3 is 0 Å². The molecule has 2 aromatic rings. The van der Waals surface area contributed by atoms with Gasteiger partial charge in [-0.2, -0.15) is 5.10 Å². The highest BCUT2D eigenvalue weighted by atomic mass is 35.7. The molecular weight excluding hydrogens is 288 g/mol. The molecule has 0 aliphatic carbocycles. The number of imidazole rings is 1. The summed E-state index contributed by atoms with van der Waals surface area (Å²) in [7, 11) is 1.64. The fraction of sp³-hybridized carbons (Fsp3) is 0.455. The van der Waals surface area contributed by atoms with E-state index in [0.29, 0.717) is 17.9 Å². The van der Waals surface area contributed by atoms with Gasteiger partial charge in [-0.25, -0.2) is 13.4 Å². The highest BCUT2D eigenvalue weighted by Gasteiger charge is 2.22. The zero-order chi connectivity index (χ0) is 14.2. The molecular formula is C11H15ClN4O2S. The van der Waals surface area contributed by atoms with Gasteiger partial charge in [0.15, 0.2) is 0 Å². The van der Waals surface area contributed by atoms with E-state index in [1.54, 1.807) is 24.7 Å². The number of aromatic nitrogens is 4. The maximum atomic E-state index is 11.5. The third-order valence-corrected chi connectivity index (χ3v) is 4.53. The summed E-state index contributed by atoms with van der Waals surface area (Å²) in [4.78, 5) is 4.33. The van der Waals surface area contributed by atoms with Crippen LogP contribution in [0, 0.1) is 13.8 Å². The smallest absolute Gasteiger partial charge is 0.264 e. The van der Waals surface area contributed by atoms with Crippen LogP contribution in [0.1, 0.15) is 24.1 Å². The molecule has 0 unspecified atom stereocenters. The molecule has 0 bridgehead atoms. The van der Waals surface area contributed by atoms with Gasteiger partial charge < -0.3 is 4.57 Å². The zero-order valence-electron chi connectivity index (χ0n) is 11.0. The van der Waals surface area contributed by atoms with Gasteiger partial charge in [0, 0.05) is 29.6 Å². The summed E-state index contributed by atoms with van der Waals surface area (Å²) in [6.45, 7) is 6.55. The summed E-state index contributed by atoms with van der Waals surface area (Å²) in [6.07, 6.45) is 3.59. The standard InChI is InChI=1S/C11H15ClN4O2S/c1-4-15-6-5-13-10(15)7-16-9(3)11(8(2)14-16)19(12,17)18/h5-6H,4,7H2,1-3H3. The molecule has 0 aromatic carbocycles. The molecule has 0 amide bonds. The second kappa shape index (κ2) is 4.97. The van der Waals surface area contributed by atoms with Crippen LogP contribution in [0.15, 0.2) is 17.3 Å². The van der Waals surface area contributed by atoms with Gasteiger partial charge in [-0.1, -0.05) is 0 Å². The fourth-order valence-electron chi connectivity index (χ4n) is 2.10. The number of hydrogen-bond acceptors (Lipinski definition) is 4. The molecule has 0 spiro atoms. The minimum Gasteiger partial charge on any atom is -0.334 e. The molecule has 19 heavy (non-hydrogen) atoms. The summed E-state index contributed by atoms with van der Waals surface area (Å²) < 4.78 is 26.6. The number of nitrogens with zero attached hydrogens (tertiary/aromatic N) is 4. The lowest BCUT2D eigenvalue weighted by atomic mass is 10.4. The lowest BCUT2D eigenvalue weighted by molar-refractivity contribution is 0.589. The first-order valence-corrected chi connectivity index (χ1v) is 8.14. The van der Waals surface area contributed by atoms with Gasteiger partial charge in [0.25, 0.3) is 9.05 Å². The molecule has 0 radical (unpaired) electrons. The molecule has 0 aliphatic rings. The maximum absolute atomic E-state index is 11.5. The van der Waals surface area contributed by atoms with Crippen LogP contribution in [0.2, 0.25) is 0 Å². The third-order valence-electron chi connectivity index (χ3n) is 2.99. The topological polar surface area (TPSA) is 69.8 Å². The second-order valence-electron chi connectivity index (χ2n) is 4.22. The Morgan fingerprint density at radius 3 is 2.58 bits per heavy atom. The third kappa shape index (κ3) is 2.66. The fourth-order valence-corrected chi connectivity index (χ4v) is 3.62. The van der Waals surface area contributed by atoms with Gasteiger partial charge in [0.2, 0.25) is 0 Å². The van der Waals surface area contributed by atoms with Crippen molar-refractivity contribution in [1.29, 1.82) is 0 Å². The highest BCUT2D eigenvalue weighted by Crippen LogP contribution is 2.23. The molecule has 0 saturated carbocycles. The first-order chi connectivity index (χ1) is 8.84. The summed E-state index contributed by atoms with van der Waals surface area (Å²) in [5.41, 5.74) is 0.931. The van der Waals surface area contributed by atoms with Crippen LogP contribution >= 0.6 is 10.7 Å². The predicted molar refractivity (Wildman–Crippen MR) is 71.7 cm³/mol. The van der Waals surface area contributed by atoms with Gasteiger partial charge in [0.05, 0.1) is 17.9 Å². The van der Waals surface area contributed by atoms with Crippen molar-refractivity contribution in [3.05, 3.63) is 29.6 Å². The Kier molecular flexibility index (Phi) is 3.69. The summed E-state index contributed by atoms with van der Waals surface area (Å²) in [5, 5.41) is 4.23. The molecule has 0 N–H and O–H groups in total. The average molecular weight is 303 g/mol. The Morgan fingerprint density at radius 2 is 2.05 bits per heavy atom. The molecule has 0 aliphatic heterocycles. The maximum Gasteiger partial charge on any atom is 0.264 e. The molecule has 2 aromatic heterocycles. The van der Waals surface area contributed by atoms with Gasteiger partial charge in [-0.3, -0.25) is 4.68 Å². The minimum absolute atomic E-state index is 0.0868. The molecule has 6 nitrogen and oxygen atoms in total. The average Bonchev–Trinajstić information content (AvgIpc) is 2.83. The zero-order valence-corrected chi connectivity index (χ0v) is 12.5. The van der Waals surface area contributed by atoms with E-state index in [-0.39, 0.29) is 4.90 Å². The van der Waals surface area contributed by atoms with Crippen molar-refractivity contribution in [3.63, 3.8) is 0 Å². The van der Waals surface area contributed by atoms with E-state index in [1.807, 2.05) is 17.7 Å². The molecule has 2 heterocycles. The Morgan fingerprint density at radius 1 is 1.37 bits per heavy atom. The molecule has 0 atom stereocenters. The van der Waals surface area contributed by atoms with Crippen LogP contribution in [-0.2, 0) is 22.1 Å². The summed E-state index contributed by atoms with van der Waals surface area (Å²) >= 11 is 0. The van der Waals surface area contributed by atoms with E-state index < -0.39 is 9.05 Å². The van der Waals surface area contributed by atoms with E-state index in [9.17, 15) is 8.42 Å². The number of halogens is 1. The van der Waals surface area contributed by atoms with Crippen LogP contribution in [0.4, 0.5) is 0 Å². The SMILES string of the molecule is CCn1ccnc1Cn1nc(C)c(S(=O)(=O)Cl)c1C. The quantitative estimate of drug-likeness (QED) is 0.806. The largest absolute Gasteiger partial charge is 0.334 e. The van der Waals surface area contributed by atoms with Crippen LogP contribution in [0.25, 0.3) is 0 Å². The summed E-state index contributed by atoms with van der Waals surface area (Å²) in [6, 6.07) is 0.